The molecule has 0 spiro atoms. The first kappa shape index (κ1) is 20.0. The number of anilines is 1. The second kappa shape index (κ2) is 8.64. The van der Waals surface area contributed by atoms with Gasteiger partial charge in [-0.05, 0) is 65.1 Å². The Morgan fingerprint density at radius 2 is 1.90 bits per heavy atom. The number of carbonyl (C=O) groups is 1. The van der Waals surface area contributed by atoms with E-state index in [2.05, 4.69) is 37.0 Å². The molecule has 1 atom stereocenters. The fraction of sp³-hybridized carbons (Fsp3) is 0.273. The van der Waals surface area contributed by atoms with Gasteiger partial charge in [-0.3, -0.25) is 4.79 Å². The maximum atomic E-state index is 13.1. The van der Waals surface area contributed by atoms with E-state index in [4.69, 9.17) is 11.6 Å². The summed E-state index contributed by atoms with van der Waals surface area (Å²) in [6, 6.07) is 13.4. The molecular weight excluding hydrogens is 432 g/mol. The van der Waals surface area contributed by atoms with Crippen LogP contribution in [0.15, 0.2) is 59.6 Å². The lowest BCUT2D eigenvalue weighted by atomic mass is 9.94. The second-order valence-corrected chi connectivity index (χ2v) is 8.85. The van der Waals surface area contributed by atoms with E-state index in [-0.39, 0.29) is 17.9 Å². The van der Waals surface area contributed by atoms with Gasteiger partial charge in [0.2, 0.25) is 5.91 Å². The molecule has 158 valence electrons. The monoisotopic (exact) mass is 452 g/mol. The largest absolute Gasteiger partial charge is 0.355 e. The zero-order chi connectivity index (χ0) is 21.2. The molecular formula is C22H21ClN6OS. The summed E-state index contributed by atoms with van der Waals surface area (Å²) in [7, 11) is 0. The SMILES string of the molecule is O=C(NC(c1ccc(Cl)cc1)c1ccsc1)C1CCN(c2ccc3nncn3n2)CC1. The molecule has 5 rings (SSSR count). The number of rotatable bonds is 5. The molecule has 7 nitrogen and oxygen atoms in total. The maximum Gasteiger partial charge on any atom is 0.223 e. The van der Waals surface area contributed by atoms with E-state index < -0.39 is 0 Å². The van der Waals surface area contributed by atoms with Crippen LogP contribution in [0.4, 0.5) is 5.82 Å². The lowest BCUT2D eigenvalue weighted by molar-refractivity contribution is -0.126. The average Bonchev–Trinajstić information content (AvgIpc) is 3.50. The van der Waals surface area contributed by atoms with Crippen molar-refractivity contribution in [2.24, 2.45) is 5.92 Å². The molecule has 1 aliphatic heterocycles. The Balaban J connectivity index is 1.26. The van der Waals surface area contributed by atoms with Gasteiger partial charge in [0.25, 0.3) is 0 Å². The minimum Gasteiger partial charge on any atom is -0.355 e. The van der Waals surface area contributed by atoms with E-state index in [1.807, 2.05) is 41.8 Å². The third-order valence-electron chi connectivity index (χ3n) is 5.70. The van der Waals surface area contributed by atoms with Crippen molar-refractivity contribution in [2.75, 3.05) is 18.0 Å². The van der Waals surface area contributed by atoms with Gasteiger partial charge in [-0.1, -0.05) is 23.7 Å². The van der Waals surface area contributed by atoms with Crippen molar-refractivity contribution in [2.45, 2.75) is 18.9 Å². The Morgan fingerprint density at radius 3 is 2.65 bits per heavy atom. The molecule has 4 heterocycles. The van der Waals surface area contributed by atoms with Crippen LogP contribution in [0, 0.1) is 5.92 Å². The minimum atomic E-state index is -0.174. The number of thiophene rings is 1. The van der Waals surface area contributed by atoms with Crippen LogP contribution in [-0.4, -0.2) is 38.8 Å². The lowest BCUT2D eigenvalue weighted by Crippen LogP contribution is -2.42. The predicted molar refractivity (Wildman–Crippen MR) is 121 cm³/mol. The molecule has 3 aromatic heterocycles. The number of hydrogen-bond donors (Lipinski definition) is 1. The maximum absolute atomic E-state index is 13.1. The number of carbonyl (C=O) groups excluding carboxylic acids is 1. The first-order chi connectivity index (χ1) is 15.2. The van der Waals surface area contributed by atoms with Gasteiger partial charge in [0.05, 0.1) is 6.04 Å². The van der Waals surface area contributed by atoms with Crippen molar-refractivity contribution in [1.29, 1.82) is 0 Å². The first-order valence-corrected chi connectivity index (χ1v) is 11.5. The summed E-state index contributed by atoms with van der Waals surface area (Å²) in [5.41, 5.74) is 2.84. The topological polar surface area (TPSA) is 75.4 Å². The van der Waals surface area contributed by atoms with Crippen molar-refractivity contribution in [3.63, 3.8) is 0 Å². The van der Waals surface area contributed by atoms with E-state index in [9.17, 15) is 4.79 Å². The van der Waals surface area contributed by atoms with Crippen LogP contribution < -0.4 is 10.2 Å². The second-order valence-electron chi connectivity index (χ2n) is 7.64. The molecule has 1 saturated heterocycles. The number of fused-ring (bicyclic) bond motifs is 1. The van der Waals surface area contributed by atoms with Gasteiger partial charge in [-0.15, -0.1) is 15.3 Å². The highest BCUT2D eigenvalue weighted by Crippen LogP contribution is 2.28. The molecule has 9 heteroatoms. The molecule has 1 fully saturated rings. The van der Waals surface area contributed by atoms with Crippen molar-refractivity contribution in [1.82, 2.24) is 25.1 Å². The molecule has 4 aromatic rings. The van der Waals surface area contributed by atoms with Crippen molar-refractivity contribution in [3.8, 4) is 0 Å². The van der Waals surface area contributed by atoms with E-state index in [1.165, 1.54) is 0 Å². The van der Waals surface area contributed by atoms with Crippen LogP contribution in [0.5, 0.6) is 0 Å². The number of nitrogens with zero attached hydrogens (tertiary/aromatic N) is 5. The smallest absolute Gasteiger partial charge is 0.223 e. The molecule has 1 N–H and O–H groups in total. The zero-order valence-corrected chi connectivity index (χ0v) is 18.3. The van der Waals surface area contributed by atoms with Crippen molar-refractivity contribution < 1.29 is 4.79 Å². The van der Waals surface area contributed by atoms with Gasteiger partial charge in [-0.25, -0.2) is 0 Å². The first-order valence-electron chi connectivity index (χ1n) is 10.2. The van der Waals surface area contributed by atoms with E-state index in [0.29, 0.717) is 5.02 Å². The number of amides is 1. The number of hydrogen-bond acceptors (Lipinski definition) is 6. The van der Waals surface area contributed by atoms with Crippen LogP contribution in [0.2, 0.25) is 5.02 Å². The number of nitrogens with one attached hydrogen (secondary N) is 1. The molecule has 1 aromatic carbocycles. The third kappa shape index (κ3) is 4.26. The van der Waals surface area contributed by atoms with E-state index in [0.717, 1.165) is 48.5 Å². The third-order valence-corrected chi connectivity index (χ3v) is 6.66. The van der Waals surface area contributed by atoms with Crippen LogP contribution in [0.3, 0.4) is 0 Å². The summed E-state index contributed by atoms with van der Waals surface area (Å²) >= 11 is 7.68. The Labute approximate surface area is 188 Å². The Morgan fingerprint density at radius 1 is 1.10 bits per heavy atom. The quantitative estimate of drug-likeness (QED) is 0.496. The van der Waals surface area contributed by atoms with E-state index >= 15 is 0 Å². The fourth-order valence-electron chi connectivity index (χ4n) is 3.97. The highest BCUT2D eigenvalue weighted by atomic mass is 35.5. The molecule has 1 aliphatic rings. The number of benzene rings is 1. The van der Waals surface area contributed by atoms with Crippen LogP contribution in [-0.2, 0) is 4.79 Å². The highest BCUT2D eigenvalue weighted by Gasteiger charge is 2.28. The van der Waals surface area contributed by atoms with Gasteiger partial charge in [0.15, 0.2) is 5.65 Å². The van der Waals surface area contributed by atoms with Gasteiger partial charge in [0, 0.05) is 24.0 Å². The lowest BCUT2D eigenvalue weighted by Gasteiger charge is -2.32. The number of piperidine rings is 1. The molecule has 1 unspecified atom stereocenters. The summed E-state index contributed by atoms with van der Waals surface area (Å²) in [5.74, 6) is 0.944. The van der Waals surface area contributed by atoms with Crippen molar-refractivity contribution >= 4 is 40.3 Å². The van der Waals surface area contributed by atoms with Crippen LogP contribution in [0.25, 0.3) is 5.65 Å². The summed E-state index contributed by atoms with van der Waals surface area (Å²) in [4.78, 5) is 15.3. The van der Waals surface area contributed by atoms with Gasteiger partial charge in [0.1, 0.15) is 12.1 Å². The van der Waals surface area contributed by atoms with Gasteiger partial charge in [-0.2, -0.15) is 15.9 Å². The molecule has 31 heavy (non-hydrogen) atoms. The van der Waals surface area contributed by atoms with Crippen molar-refractivity contribution in [3.05, 3.63) is 75.7 Å². The summed E-state index contributed by atoms with van der Waals surface area (Å²) in [6.07, 6.45) is 3.16. The van der Waals surface area contributed by atoms with Gasteiger partial charge >= 0.3 is 0 Å². The predicted octanol–water partition coefficient (Wildman–Crippen LogP) is 3.96. The summed E-state index contributed by atoms with van der Waals surface area (Å²) < 4.78 is 1.67. The van der Waals surface area contributed by atoms with E-state index in [1.54, 1.807) is 22.2 Å². The zero-order valence-electron chi connectivity index (χ0n) is 16.7. The minimum absolute atomic E-state index is 0.0247. The Kier molecular flexibility index (Phi) is 5.57. The molecule has 1 amide bonds. The van der Waals surface area contributed by atoms with Crippen LogP contribution >= 0.6 is 22.9 Å². The molecule has 0 radical (unpaired) electrons. The molecule has 0 aliphatic carbocycles. The Bertz CT molecular complexity index is 1170. The van der Waals surface area contributed by atoms with Crippen LogP contribution in [0.1, 0.15) is 30.0 Å². The summed E-state index contributed by atoms with van der Waals surface area (Å²) in [5, 5.41) is 20.5. The fourth-order valence-corrected chi connectivity index (χ4v) is 4.78. The molecule has 0 saturated carbocycles. The molecule has 0 bridgehead atoms. The van der Waals surface area contributed by atoms with Gasteiger partial charge < -0.3 is 10.2 Å². The highest BCUT2D eigenvalue weighted by molar-refractivity contribution is 7.08. The number of aromatic nitrogens is 4. The Hall–Kier alpha value is -2.97. The number of halogens is 1. The normalized spacial score (nSPS) is 15.8. The summed E-state index contributed by atoms with van der Waals surface area (Å²) in [6.45, 7) is 1.56. The average molecular weight is 453 g/mol. The standard InChI is InChI=1S/C22H21ClN6OS/c23-18-3-1-15(2-4-18)21(17-9-12-31-13-17)25-22(30)16-7-10-28(11-8-16)20-6-5-19-26-24-14-29(19)27-20/h1-6,9,12-14,16,21H,7-8,10-11H2,(H,25,30).